The molecule has 1 aliphatic carbocycles. The second-order valence-electron chi connectivity index (χ2n) is 5.35. The van der Waals surface area contributed by atoms with Gasteiger partial charge in [0.25, 0.3) is 0 Å². The van der Waals surface area contributed by atoms with Crippen LogP contribution in [0.1, 0.15) is 30.0 Å². The van der Waals surface area contributed by atoms with Gasteiger partial charge in [0.05, 0.1) is 13.2 Å². The fourth-order valence-corrected chi connectivity index (χ4v) is 3.39. The van der Waals surface area contributed by atoms with Gasteiger partial charge in [0, 0.05) is 16.2 Å². The second kappa shape index (κ2) is 5.98. The zero-order valence-corrected chi connectivity index (χ0v) is 13.5. The van der Waals surface area contributed by atoms with E-state index in [1.54, 1.807) is 13.2 Å². The number of aromatic hydroxyl groups is 1. The van der Waals surface area contributed by atoms with Crippen LogP contribution >= 0.6 is 15.9 Å². The molecule has 1 aliphatic rings. The minimum atomic E-state index is 0.272. The average molecular weight is 348 g/mol. The molecule has 21 heavy (non-hydrogen) atoms. The van der Waals surface area contributed by atoms with Crippen LogP contribution in [0.4, 0.5) is 5.69 Å². The summed E-state index contributed by atoms with van der Waals surface area (Å²) in [6, 6.07) is 11.9. The summed E-state index contributed by atoms with van der Waals surface area (Å²) in [7, 11) is 1.67. The Kier molecular flexibility index (Phi) is 4.06. The van der Waals surface area contributed by atoms with Crippen molar-refractivity contribution in [3.63, 3.8) is 0 Å². The Bertz CT molecular complexity index is 657. The maximum Gasteiger partial charge on any atom is 0.122 e. The first-order valence-corrected chi connectivity index (χ1v) is 7.88. The number of hydrogen-bond donors (Lipinski definition) is 2. The lowest BCUT2D eigenvalue weighted by molar-refractivity contribution is 0.414. The third-order valence-electron chi connectivity index (χ3n) is 3.89. The first-order valence-electron chi connectivity index (χ1n) is 7.08. The second-order valence-corrected chi connectivity index (χ2v) is 6.27. The molecule has 0 saturated heterocycles. The van der Waals surface area contributed by atoms with E-state index in [0.717, 1.165) is 35.2 Å². The van der Waals surface area contributed by atoms with E-state index < -0.39 is 0 Å². The molecule has 0 aliphatic heterocycles. The summed E-state index contributed by atoms with van der Waals surface area (Å²) in [4.78, 5) is 0. The number of halogens is 1. The summed E-state index contributed by atoms with van der Waals surface area (Å²) in [5, 5.41) is 13.2. The van der Waals surface area contributed by atoms with Crippen LogP contribution in [0.15, 0.2) is 40.9 Å². The van der Waals surface area contributed by atoms with Crippen molar-refractivity contribution in [2.75, 3.05) is 12.4 Å². The first-order chi connectivity index (χ1) is 10.2. The standard InChI is InChI=1S/C17H18BrNO2/c1-21-15-9-12(18)8-13(10-15)19-17-4-2-3-11-7-14(20)5-6-16(11)17/h5-10,17,19-20H,2-4H2,1H3. The Hall–Kier alpha value is -1.68. The van der Waals surface area contributed by atoms with Crippen molar-refractivity contribution in [1.82, 2.24) is 0 Å². The van der Waals surface area contributed by atoms with E-state index in [1.807, 2.05) is 24.3 Å². The molecule has 0 saturated carbocycles. The summed E-state index contributed by atoms with van der Waals surface area (Å²) < 4.78 is 6.30. The van der Waals surface area contributed by atoms with Crippen LogP contribution < -0.4 is 10.1 Å². The molecule has 4 heteroatoms. The number of anilines is 1. The van der Waals surface area contributed by atoms with E-state index in [0.29, 0.717) is 5.75 Å². The lowest BCUT2D eigenvalue weighted by Crippen LogP contribution is -2.17. The van der Waals surface area contributed by atoms with Crippen LogP contribution in [0.2, 0.25) is 0 Å². The van der Waals surface area contributed by atoms with Gasteiger partial charge in [-0.05, 0) is 54.7 Å². The summed E-state index contributed by atoms with van der Waals surface area (Å²) in [5.41, 5.74) is 3.55. The van der Waals surface area contributed by atoms with Gasteiger partial charge < -0.3 is 15.2 Å². The van der Waals surface area contributed by atoms with Crippen LogP contribution in [0.3, 0.4) is 0 Å². The molecule has 0 aromatic heterocycles. The molecule has 0 spiro atoms. The third kappa shape index (κ3) is 3.16. The van der Waals surface area contributed by atoms with Crippen molar-refractivity contribution >= 4 is 21.6 Å². The molecule has 0 amide bonds. The molecular formula is C17H18BrNO2. The predicted octanol–water partition coefficient (Wildman–Crippen LogP) is 4.65. The van der Waals surface area contributed by atoms with Gasteiger partial charge in [-0.15, -0.1) is 0 Å². The number of rotatable bonds is 3. The molecule has 2 aromatic rings. The normalized spacial score (nSPS) is 17.1. The Balaban J connectivity index is 1.88. The molecular weight excluding hydrogens is 330 g/mol. The highest BCUT2D eigenvalue weighted by molar-refractivity contribution is 9.10. The number of phenols is 1. The molecule has 2 N–H and O–H groups in total. The van der Waals surface area contributed by atoms with E-state index in [4.69, 9.17) is 4.74 Å². The third-order valence-corrected chi connectivity index (χ3v) is 4.35. The van der Waals surface area contributed by atoms with E-state index in [-0.39, 0.29) is 6.04 Å². The molecule has 3 rings (SSSR count). The van der Waals surface area contributed by atoms with E-state index >= 15 is 0 Å². The van der Waals surface area contributed by atoms with E-state index in [2.05, 4.69) is 27.3 Å². The van der Waals surface area contributed by atoms with Gasteiger partial charge in [0.2, 0.25) is 0 Å². The van der Waals surface area contributed by atoms with Crippen molar-refractivity contribution < 1.29 is 9.84 Å². The number of ether oxygens (including phenoxy) is 1. The summed E-state index contributed by atoms with van der Waals surface area (Å²) in [6.45, 7) is 0. The Labute approximate surface area is 133 Å². The van der Waals surface area contributed by atoms with Crippen LogP contribution in [0, 0.1) is 0 Å². The van der Waals surface area contributed by atoms with Gasteiger partial charge in [-0.3, -0.25) is 0 Å². The average Bonchev–Trinajstić information content (AvgIpc) is 2.46. The van der Waals surface area contributed by atoms with Crippen molar-refractivity contribution in [1.29, 1.82) is 0 Å². The van der Waals surface area contributed by atoms with Gasteiger partial charge in [-0.25, -0.2) is 0 Å². The largest absolute Gasteiger partial charge is 0.508 e. The number of methoxy groups -OCH3 is 1. The van der Waals surface area contributed by atoms with Crippen LogP contribution in [0.25, 0.3) is 0 Å². The molecule has 110 valence electrons. The van der Waals surface area contributed by atoms with Gasteiger partial charge in [0.1, 0.15) is 11.5 Å². The number of fused-ring (bicyclic) bond motifs is 1. The monoisotopic (exact) mass is 347 g/mol. The van der Waals surface area contributed by atoms with Gasteiger partial charge in [0.15, 0.2) is 0 Å². The molecule has 0 fully saturated rings. The zero-order chi connectivity index (χ0) is 14.8. The highest BCUT2D eigenvalue weighted by atomic mass is 79.9. The molecule has 2 aromatic carbocycles. The first kappa shape index (κ1) is 14.3. The fraction of sp³-hybridized carbons (Fsp3) is 0.294. The molecule has 0 radical (unpaired) electrons. The number of benzene rings is 2. The smallest absolute Gasteiger partial charge is 0.122 e. The van der Waals surface area contributed by atoms with E-state index in [1.165, 1.54) is 11.1 Å². The maximum atomic E-state index is 9.63. The van der Waals surface area contributed by atoms with Gasteiger partial charge >= 0.3 is 0 Å². The Morgan fingerprint density at radius 3 is 2.90 bits per heavy atom. The van der Waals surface area contributed by atoms with Crippen molar-refractivity contribution in [3.8, 4) is 11.5 Å². The lowest BCUT2D eigenvalue weighted by atomic mass is 9.87. The zero-order valence-electron chi connectivity index (χ0n) is 11.9. The van der Waals surface area contributed by atoms with Crippen molar-refractivity contribution in [3.05, 3.63) is 52.0 Å². The summed E-state index contributed by atoms with van der Waals surface area (Å²) in [5.74, 6) is 1.17. The van der Waals surface area contributed by atoms with Crippen molar-refractivity contribution in [2.45, 2.75) is 25.3 Å². The minimum absolute atomic E-state index is 0.272. The van der Waals surface area contributed by atoms with Crippen LogP contribution in [0.5, 0.6) is 11.5 Å². The van der Waals surface area contributed by atoms with Crippen LogP contribution in [-0.4, -0.2) is 12.2 Å². The predicted molar refractivity (Wildman–Crippen MR) is 88.1 cm³/mol. The van der Waals surface area contributed by atoms with Gasteiger partial charge in [-0.2, -0.15) is 0 Å². The number of nitrogens with one attached hydrogen (secondary N) is 1. The topological polar surface area (TPSA) is 41.5 Å². The SMILES string of the molecule is COc1cc(Br)cc(NC2CCCc3cc(O)ccc32)c1. The quantitative estimate of drug-likeness (QED) is 0.848. The highest BCUT2D eigenvalue weighted by Gasteiger charge is 2.20. The molecule has 0 bridgehead atoms. The number of phenolic OH excluding ortho intramolecular Hbond substituents is 1. The molecule has 1 unspecified atom stereocenters. The summed E-state index contributed by atoms with van der Waals surface area (Å²) in [6.07, 6.45) is 3.25. The number of aryl methyl sites for hydroxylation is 1. The van der Waals surface area contributed by atoms with Crippen LogP contribution in [-0.2, 0) is 6.42 Å². The Morgan fingerprint density at radius 2 is 2.10 bits per heavy atom. The van der Waals surface area contributed by atoms with E-state index in [9.17, 15) is 5.11 Å². The summed E-state index contributed by atoms with van der Waals surface area (Å²) >= 11 is 3.51. The minimum Gasteiger partial charge on any atom is -0.508 e. The van der Waals surface area contributed by atoms with Gasteiger partial charge in [-0.1, -0.05) is 22.0 Å². The Morgan fingerprint density at radius 1 is 1.24 bits per heavy atom. The molecule has 1 atom stereocenters. The molecule has 0 heterocycles. The highest BCUT2D eigenvalue weighted by Crippen LogP contribution is 2.35. The maximum absolute atomic E-state index is 9.63. The number of hydrogen-bond acceptors (Lipinski definition) is 3. The van der Waals surface area contributed by atoms with Crippen molar-refractivity contribution in [2.24, 2.45) is 0 Å². The lowest BCUT2D eigenvalue weighted by Gasteiger charge is -2.27. The fourth-order valence-electron chi connectivity index (χ4n) is 2.92. The molecule has 3 nitrogen and oxygen atoms in total.